The Morgan fingerprint density at radius 2 is 1.52 bits per heavy atom. The van der Waals surface area contributed by atoms with Gasteiger partial charge in [-0.05, 0) is 34.4 Å². The van der Waals surface area contributed by atoms with E-state index in [4.69, 9.17) is 9.47 Å². The SMILES string of the molecule is O=C1O[C@@H]2c3ccccc3[C@H](COCc3ccccc3)[C@H]1[C@H]2c1ccc(Br)cc1. The zero-order valence-electron chi connectivity index (χ0n) is 15.8. The predicted molar refractivity (Wildman–Crippen MR) is 114 cm³/mol. The topological polar surface area (TPSA) is 35.5 Å². The van der Waals surface area contributed by atoms with Crippen LogP contribution < -0.4 is 0 Å². The van der Waals surface area contributed by atoms with Crippen molar-refractivity contribution in [1.29, 1.82) is 0 Å². The van der Waals surface area contributed by atoms with Gasteiger partial charge in [-0.15, -0.1) is 0 Å². The quantitative estimate of drug-likeness (QED) is 0.465. The average molecular weight is 449 g/mol. The molecule has 0 aromatic heterocycles. The molecule has 4 atom stereocenters. The molecule has 5 rings (SSSR count). The lowest BCUT2D eigenvalue weighted by Crippen LogP contribution is -2.31. The second kappa shape index (κ2) is 7.77. The van der Waals surface area contributed by atoms with Gasteiger partial charge in [-0.1, -0.05) is 82.7 Å². The summed E-state index contributed by atoms with van der Waals surface area (Å²) in [5, 5.41) is 0. The molecule has 1 aliphatic heterocycles. The van der Waals surface area contributed by atoms with Crippen molar-refractivity contribution in [3.05, 3.63) is 106 Å². The van der Waals surface area contributed by atoms with E-state index in [1.54, 1.807) is 0 Å². The van der Waals surface area contributed by atoms with Gasteiger partial charge < -0.3 is 9.47 Å². The van der Waals surface area contributed by atoms with E-state index in [1.165, 1.54) is 5.56 Å². The van der Waals surface area contributed by atoms with Crippen LogP contribution in [0, 0.1) is 5.92 Å². The molecule has 0 unspecified atom stereocenters. The normalized spacial score (nSPS) is 24.8. The Hall–Kier alpha value is -2.43. The largest absolute Gasteiger partial charge is 0.457 e. The Balaban J connectivity index is 1.48. The molecule has 3 nitrogen and oxygen atoms in total. The van der Waals surface area contributed by atoms with Crippen LogP contribution in [0.15, 0.2) is 83.3 Å². The highest BCUT2D eigenvalue weighted by Gasteiger charge is 2.54. The maximum absolute atomic E-state index is 12.9. The van der Waals surface area contributed by atoms with Gasteiger partial charge in [0, 0.05) is 16.3 Å². The van der Waals surface area contributed by atoms with Crippen molar-refractivity contribution in [1.82, 2.24) is 0 Å². The van der Waals surface area contributed by atoms with E-state index >= 15 is 0 Å². The maximum atomic E-state index is 12.9. The first-order chi connectivity index (χ1) is 14.2. The minimum absolute atomic E-state index is 0.0100. The number of carbonyl (C=O) groups is 1. The molecule has 0 amide bonds. The molecule has 0 N–H and O–H groups in total. The molecule has 2 bridgehead atoms. The molecule has 146 valence electrons. The molecule has 3 aromatic rings. The molecule has 1 aliphatic carbocycles. The van der Waals surface area contributed by atoms with Gasteiger partial charge in [-0.25, -0.2) is 0 Å². The lowest BCUT2D eigenvalue weighted by molar-refractivity contribution is -0.144. The highest BCUT2D eigenvalue weighted by atomic mass is 79.9. The highest BCUT2D eigenvalue weighted by molar-refractivity contribution is 9.10. The van der Waals surface area contributed by atoms with Crippen molar-refractivity contribution in [3.8, 4) is 0 Å². The van der Waals surface area contributed by atoms with Gasteiger partial charge in [0.2, 0.25) is 0 Å². The summed E-state index contributed by atoms with van der Waals surface area (Å²) in [6.45, 7) is 1.03. The number of carbonyl (C=O) groups excluding carboxylic acids is 1. The van der Waals surface area contributed by atoms with E-state index in [2.05, 4.69) is 52.3 Å². The molecule has 2 aliphatic rings. The van der Waals surface area contributed by atoms with Gasteiger partial charge in [0.25, 0.3) is 0 Å². The Morgan fingerprint density at radius 1 is 0.828 bits per heavy atom. The van der Waals surface area contributed by atoms with Gasteiger partial charge in [-0.2, -0.15) is 0 Å². The summed E-state index contributed by atoms with van der Waals surface area (Å²) in [6.07, 6.45) is -0.227. The molecule has 0 saturated carbocycles. The minimum atomic E-state index is -0.230. The van der Waals surface area contributed by atoms with Gasteiger partial charge in [0.15, 0.2) is 0 Å². The minimum Gasteiger partial charge on any atom is -0.457 e. The highest BCUT2D eigenvalue weighted by Crippen LogP contribution is 2.57. The zero-order valence-corrected chi connectivity index (χ0v) is 17.4. The van der Waals surface area contributed by atoms with Gasteiger partial charge in [-0.3, -0.25) is 4.79 Å². The van der Waals surface area contributed by atoms with Crippen molar-refractivity contribution >= 4 is 21.9 Å². The third kappa shape index (κ3) is 3.41. The van der Waals surface area contributed by atoms with E-state index in [1.807, 2.05) is 42.5 Å². The Kier molecular flexibility index (Phi) is 4.98. The molecule has 0 spiro atoms. The number of esters is 1. The summed E-state index contributed by atoms with van der Waals surface area (Å²) in [7, 11) is 0. The van der Waals surface area contributed by atoms with Gasteiger partial charge >= 0.3 is 5.97 Å². The number of halogens is 1. The lowest BCUT2D eigenvalue weighted by Gasteiger charge is -2.34. The van der Waals surface area contributed by atoms with E-state index in [0.717, 1.165) is 21.2 Å². The summed E-state index contributed by atoms with van der Waals surface area (Å²) in [5.74, 6) is -0.357. The van der Waals surface area contributed by atoms with Crippen LogP contribution in [0.2, 0.25) is 0 Å². The Bertz CT molecular complexity index is 1020. The second-order valence-corrected chi connectivity index (χ2v) is 8.61. The molecular weight excluding hydrogens is 428 g/mol. The molecule has 1 heterocycles. The van der Waals surface area contributed by atoms with Crippen molar-refractivity contribution in [2.75, 3.05) is 6.61 Å². The van der Waals surface area contributed by atoms with Crippen molar-refractivity contribution in [3.63, 3.8) is 0 Å². The van der Waals surface area contributed by atoms with Crippen LogP contribution in [0.1, 0.15) is 40.2 Å². The predicted octanol–water partition coefficient (Wildman–Crippen LogP) is 5.76. The standard InChI is InChI=1S/C25H21BrO3/c26-18-12-10-17(11-13-18)22-23-21(15-28-14-16-6-2-1-3-7-16)19-8-4-5-9-20(19)24(22)29-25(23)27/h1-13,21-24H,14-15H2/t21-,22+,23-,24+/m0/s1. The first-order valence-electron chi connectivity index (χ1n) is 9.89. The molecule has 1 saturated heterocycles. The van der Waals surface area contributed by atoms with Crippen LogP contribution in [0.4, 0.5) is 0 Å². The summed E-state index contributed by atoms with van der Waals surface area (Å²) in [6, 6.07) is 26.6. The van der Waals surface area contributed by atoms with Crippen LogP contribution in [-0.2, 0) is 20.9 Å². The fourth-order valence-corrected chi connectivity index (χ4v) is 4.99. The van der Waals surface area contributed by atoms with Crippen LogP contribution in [0.25, 0.3) is 0 Å². The molecule has 4 heteroatoms. The fourth-order valence-electron chi connectivity index (χ4n) is 4.72. The molecule has 1 fully saturated rings. The number of ether oxygens (including phenoxy) is 2. The molecule has 29 heavy (non-hydrogen) atoms. The van der Waals surface area contributed by atoms with Gasteiger partial charge in [0.05, 0.1) is 19.1 Å². The maximum Gasteiger partial charge on any atom is 0.311 e. The smallest absolute Gasteiger partial charge is 0.311 e. The summed E-state index contributed by atoms with van der Waals surface area (Å²) in [5.41, 5.74) is 4.55. The molecular formula is C25H21BrO3. The molecule has 3 aromatic carbocycles. The van der Waals surface area contributed by atoms with Crippen LogP contribution in [-0.4, -0.2) is 12.6 Å². The van der Waals surface area contributed by atoms with Crippen molar-refractivity contribution in [2.45, 2.75) is 24.5 Å². The van der Waals surface area contributed by atoms with E-state index < -0.39 is 0 Å². The van der Waals surface area contributed by atoms with Crippen molar-refractivity contribution < 1.29 is 14.3 Å². The van der Waals surface area contributed by atoms with Crippen molar-refractivity contribution in [2.24, 2.45) is 5.92 Å². The monoisotopic (exact) mass is 448 g/mol. The lowest BCUT2D eigenvalue weighted by atomic mass is 9.67. The zero-order chi connectivity index (χ0) is 19.8. The number of benzene rings is 3. The number of hydrogen-bond acceptors (Lipinski definition) is 3. The summed E-state index contributed by atoms with van der Waals surface area (Å²) >= 11 is 3.50. The van der Waals surface area contributed by atoms with E-state index in [9.17, 15) is 4.79 Å². The van der Waals surface area contributed by atoms with Crippen LogP contribution >= 0.6 is 15.9 Å². The fraction of sp³-hybridized carbons (Fsp3) is 0.240. The third-order valence-electron chi connectivity index (χ3n) is 6.03. The Labute approximate surface area is 178 Å². The third-order valence-corrected chi connectivity index (χ3v) is 6.56. The number of rotatable bonds is 5. The average Bonchev–Trinajstić information content (AvgIpc) is 3.03. The number of hydrogen-bond donors (Lipinski definition) is 0. The van der Waals surface area contributed by atoms with Crippen LogP contribution in [0.5, 0.6) is 0 Å². The molecule has 0 radical (unpaired) electrons. The first kappa shape index (κ1) is 18.6. The number of fused-ring (bicyclic) bond motifs is 4. The second-order valence-electron chi connectivity index (χ2n) is 7.70. The van der Waals surface area contributed by atoms with E-state index in [-0.39, 0.29) is 29.8 Å². The Morgan fingerprint density at radius 3 is 2.28 bits per heavy atom. The first-order valence-corrected chi connectivity index (χ1v) is 10.7. The summed E-state index contributed by atoms with van der Waals surface area (Å²) in [4.78, 5) is 12.9. The van der Waals surface area contributed by atoms with Gasteiger partial charge in [0.1, 0.15) is 6.10 Å². The van der Waals surface area contributed by atoms with Crippen LogP contribution in [0.3, 0.4) is 0 Å². The van der Waals surface area contributed by atoms with E-state index in [0.29, 0.717) is 13.2 Å². The summed E-state index contributed by atoms with van der Waals surface area (Å²) < 4.78 is 13.0.